The topological polar surface area (TPSA) is 72.2 Å². The summed E-state index contributed by atoms with van der Waals surface area (Å²) in [5.74, 6) is -0.747. The number of hydrogen-bond donors (Lipinski definition) is 1. The van der Waals surface area contributed by atoms with E-state index >= 15 is 0 Å². The summed E-state index contributed by atoms with van der Waals surface area (Å²) < 4.78 is 12.8. The quantitative estimate of drug-likeness (QED) is 0.677. The molecule has 0 aliphatic heterocycles. The van der Waals surface area contributed by atoms with Crippen LogP contribution >= 0.6 is 11.6 Å². The molecule has 2 aromatic rings. The summed E-state index contributed by atoms with van der Waals surface area (Å²) in [5.41, 5.74) is 0.729. The van der Waals surface area contributed by atoms with Crippen molar-refractivity contribution in [2.45, 2.75) is 6.42 Å². The summed E-state index contributed by atoms with van der Waals surface area (Å²) in [7, 11) is 0. The Bertz CT molecular complexity index is 704. The van der Waals surface area contributed by atoms with Gasteiger partial charge in [0.25, 0.3) is 11.6 Å². The Morgan fingerprint density at radius 3 is 2.55 bits per heavy atom. The molecular weight excluding hydrogens is 311 g/mol. The summed E-state index contributed by atoms with van der Waals surface area (Å²) in [5, 5.41) is 13.4. The molecule has 22 heavy (non-hydrogen) atoms. The number of nitrogens with one attached hydrogen (secondary N) is 1. The number of nitro benzene ring substituents is 1. The number of nitrogens with zero attached hydrogens (tertiary/aromatic N) is 1. The van der Waals surface area contributed by atoms with E-state index < -0.39 is 10.8 Å². The molecule has 0 saturated heterocycles. The molecule has 0 aromatic heterocycles. The minimum atomic E-state index is -0.641. The van der Waals surface area contributed by atoms with Gasteiger partial charge in [-0.2, -0.15) is 0 Å². The number of nitro groups is 1. The van der Waals surface area contributed by atoms with Gasteiger partial charge in [0, 0.05) is 18.2 Å². The van der Waals surface area contributed by atoms with Crippen molar-refractivity contribution in [3.63, 3.8) is 0 Å². The molecule has 0 bridgehead atoms. The molecule has 1 N–H and O–H groups in total. The van der Waals surface area contributed by atoms with E-state index in [1.165, 1.54) is 24.3 Å². The average molecular weight is 323 g/mol. The van der Waals surface area contributed by atoms with E-state index in [0.29, 0.717) is 13.0 Å². The van der Waals surface area contributed by atoms with Gasteiger partial charge in [-0.3, -0.25) is 14.9 Å². The maximum absolute atomic E-state index is 12.8. The first-order valence-corrected chi connectivity index (χ1v) is 6.82. The second kappa shape index (κ2) is 7.00. The van der Waals surface area contributed by atoms with Crippen molar-refractivity contribution in [2.75, 3.05) is 6.54 Å². The van der Waals surface area contributed by atoms with Crippen LogP contribution in [0.1, 0.15) is 15.9 Å². The van der Waals surface area contributed by atoms with Crippen LogP contribution in [0.3, 0.4) is 0 Å². The van der Waals surface area contributed by atoms with Gasteiger partial charge in [0.2, 0.25) is 0 Å². The molecular formula is C15H12ClFN2O3. The predicted octanol–water partition coefficient (Wildman–Crippen LogP) is 3.36. The number of rotatable bonds is 5. The third kappa shape index (κ3) is 4.02. The molecule has 7 heteroatoms. The van der Waals surface area contributed by atoms with E-state index in [1.54, 1.807) is 12.1 Å². The fraction of sp³-hybridized carbons (Fsp3) is 0.133. The molecule has 0 heterocycles. The Balaban J connectivity index is 1.96. The van der Waals surface area contributed by atoms with Crippen molar-refractivity contribution in [2.24, 2.45) is 0 Å². The van der Waals surface area contributed by atoms with E-state index in [4.69, 9.17) is 11.6 Å². The Kier molecular flexibility index (Phi) is 5.06. The monoisotopic (exact) mass is 322 g/mol. The van der Waals surface area contributed by atoms with Crippen molar-refractivity contribution in [1.82, 2.24) is 5.32 Å². The highest BCUT2D eigenvalue weighted by Crippen LogP contribution is 2.24. The first kappa shape index (κ1) is 15.9. The predicted molar refractivity (Wildman–Crippen MR) is 80.5 cm³/mol. The average Bonchev–Trinajstić information content (AvgIpc) is 2.49. The third-order valence-corrected chi connectivity index (χ3v) is 3.34. The molecule has 2 rings (SSSR count). The maximum Gasteiger partial charge on any atom is 0.288 e. The Labute approximate surface area is 130 Å². The number of hydrogen-bond acceptors (Lipinski definition) is 3. The maximum atomic E-state index is 12.8. The highest BCUT2D eigenvalue weighted by molar-refractivity contribution is 6.32. The van der Waals surface area contributed by atoms with Crippen molar-refractivity contribution in [3.05, 3.63) is 74.5 Å². The molecule has 0 saturated carbocycles. The van der Waals surface area contributed by atoms with Crippen LogP contribution in [0.15, 0.2) is 42.5 Å². The molecule has 1 amide bonds. The second-order valence-electron chi connectivity index (χ2n) is 4.56. The van der Waals surface area contributed by atoms with Gasteiger partial charge in [-0.05, 0) is 36.2 Å². The molecule has 2 aromatic carbocycles. The Hall–Kier alpha value is -2.47. The van der Waals surface area contributed by atoms with Crippen LogP contribution < -0.4 is 5.32 Å². The van der Waals surface area contributed by atoms with E-state index in [0.717, 1.165) is 11.6 Å². The van der Waals surface area contributed by atoms with Crippen molar-refractivity contribution >= 4 is 23.2 Å². The van der Waals surface area contributed by atoms with Crippen molar-refractivity contribution in [3.8, 4) is 0 Å². The number of carbonyl (C=O) groups is 1. The zero-order chi connectivity index (χ0) is 16.1. The normalized spacial score (nSPS) is 10.3. The van der Waals surface area contributed by atoms with Gasteiger partial charge in [0.1, 0.15) is 10.8 Å². The van der Waals surface area contributed by atoms with Crippen molar-refractivity contribution < 1.29 is 14.1 Å². The highest BCUT2D eigenvalue weighted by Gasteiger charge is 2.15. The van der Waals surface area contributed by atoms with Gasteiger partial charge < -0.3 is 5.32 Å². The van der Waals surface area contributed by atoms with Gasteiger partial charge in [0.15, 0.2) is 0 Å². The number of halogens is 2. The minimum absolute atomic E-state index is 0.0205. The zero-order valence-electron chi connectivity index (χ0n) is 11.4. The Morgan fingerprint density at radius 2 is 1.91 bits per heavy atom. The zero-order valence-corrected chi connectivity index (χ0v) is 12.1. The van der Waals surface area contributed by atoms with Gasteiger partial charge in [-0.25, -0.2) is 4.39 Å². The van der Waals surface area contributed by atoms with Crippen LogP contribution in [-0.2, 0) is 6.42 Å². The molecule has 0 unspecified atom stereocenters. The highest BCUT2D eigenvalue weighted by atomic mass is 35.5. The molecule has 5 nitrogen and oxygen atoms in total. The van der Waals surface area contributed by atoms with Gasteiger partial charge >= 0.3 is 0 Å². The lowest BCUT2D eigenvalue weighted by Gasteiger charge is -2.06. The molecule has 0 aliphatic rings. The van der Waals surface area contributed by atoms with Crippen LogP contribution in [0, 0.1) is 15.9 Å². The van der Waals surface area contributed by atoms with Gasteiger partial charge in [-0.15, -0.1) is 0 Å². The van der Waals surface area contributed by atoms with Gasteiger partial charge in [-0.1, -0.05) is 23.7 Å². The standard InChI is InChI=1S/C15H12ClFN2O3/c16-13-6-3-11(9-14(13)19(21)22)15(20)18-8-7-10-1-4-12(17)5-2-10/h1-6,9H,7-8H2,(H,18,20). The number of amides is 1. The molecule has 0 fully saturated rings. The van der Waals surface area contributed by atoms with E-state index in [2.05, 4.69) is 5.32 Å². The first-order chi connectivity index (χ1) is 10.5. The summed E-state index contributed by atoms with van der Waals surface area (Å²) in [6.45, 7) is 0.334. The van der Waals surface area contributed by atoms with E-state index in [1.807, 2.05) is 0 Å². The van der Waals surface area contributed by atoms with E-state index in [-0.39, 0.29) is 22.1 Å². The lowest BCUT2D eigenvalue weighted by Crippen LogP contribution is -2.25. The third-order valence-electron chi connectivity index (χ3n) is 3.02. The number of carbonyl (C=O) groups excluding carboxylic acids is 1. The largest absolute Gasteiger partial charge is 0.352 e. The van der Waals surface area contributed by atoms with Crippen LogP contribution in [0.25, 0.3) is 0 Å². The number of benzene rings is 2. The van der Waals surface area contributed by atoms with Crippen LogP contribution in [-0.4, -0.2) is 17.4 Å². The first-order valence-electron chi connectivity index (χ1n) is 6.44. The Morgan fingerprint density at radius 1 is 1.23 bits per heavy atom. The lowest BCUT2D eigenvalue weighted by atomic mass is 10.1. The summed E-state index contributed by atoms with van der Waals surface area (Å²) >= 11 is 5.69. The summed E-state index contributed by atoms with van der Waals surface area (Å²) in [6.07, 6.45) is 0.529. The van der Waals surface area contributed by atoms with Crippen LogP contribution in [0.2, 0.25) is 5.02 Å². The lowest BCUT2D eigenvalue weighted by molar-refractivity contribution is -0.384. The van der Waals surface area contributed by atoms with Gasteiger partial charge in [0.05, 0.1) is 4.92 Å². The van der Waals surface area contributed by atoms with Crippen LogP contribution in [0.4, 0.5) is 10.1 Å². The summed E-state index contributed by atoms with van der Waals surface area (Å²) in [6, 6.07) is 9.83. The SMILES string of the molecule is O=C(NCCc1ccc(F)cc1)c1ccc(Cl)c([N+](=O)[O-])c1. The molecule has 0 radical (unpaired) electrons. The second-order valence-corrected chi connectivity index (χ2v) is 4.96. The molecule has 114 valence electrons. The van der Waals surface area contributed by atoms with Crippen molar-refractivity contribution in [1.29, 1.82) is 0 Å². The minimum Gasteiger partial charge on any atom is -0.352 e. The van der Waals surface area contributed by atoms with E-state index in [9.17, 15) is 19.3 Å². The molecule has 0 atom stereocenters. The summed E-state index contributed by atoms with van der Waals surface area (Å²) in [4.78, 5) is 22.1. The molecule has 0 aliphatic carbocycles. The molecule has 0 spiro atoms. The fourth-order valence-corrected chi connectivity index (χ4v) is 2.05. The smallest absolute Gasteiger partial charge is 0.288 e. The fourth-order valence-electron chi connectivity index (χ4n) is 1.87. The van der Waals surface area contributed by atoms with Crippen LogP contribution in [0.5, 0.6) is 0 Å².